The van der Waals surface area contributed by atoms with Crippen molar-refractivity contribution in [3.05, 3.63) is 41.2 Å². The van der Waals surface area contributed by atoms with E-state index in [1.807, 2.05) is 24.3 Å². The van der Waals surface area contributed by atoms with Crippen molar-refractivity contribution in [2.75, 3.05) is 13.7 Å². The molecular weight excluding hydrogens is 244 g/mol. The third kappa shape index (κ3) is 3.31. The quantitative estimate of drug-likeness (QED) is 0.843. The van der Waals surface area contributed by atoms with Gasteiger partial charge < -0.3 is 10.1 Å². The number of hydrogen-bond acceptors (Lipinski definition) is 4. The first-order valence-corrected chi connectivity index (χ1v) is 5.99. The average Bonchev–Trinajstić information content (AvgIpc) is 2.86. The summed E-state index contributed by atoms with van der Waals surface area (Å²) in [5.41, 5.74) is 2.08. The Bertz CT molecular complexity index is 548. The van der Waals surface area contributed by atoms with Crippen LogP contribution in [0, 0.1) is 6.92 Å². The fourth-order valence-corrected chi connectivity index (χ4v) is 1.70. The second-order valence-corrected chi connectivity index (χ2v) is 4.11. The lowest BCUT2D eigenvalue weighted by Crippen LogP contribution is -2.26. The van der Waals surface area contributed by atoms with E-state index in [0.29, 0.717) is 17.9 Å². The molecule has 6 nitrogen and oxygen atoms in total. The Kier molecular flexibility index (Phi) is 4.12. The van der Waals surface area contributed by atoms with Crippen LogP contribution in [0.15, 0.2) is 24.3 Å². The highest BCUT2D eigenvalue weighted by molar-refractivity contribution is 5.93. The van der Waals surface area contributed by atoms with Gasteiger partial charge in [0.05, 0.1) is 12.8 Å². The first kappa shape index (κ1) is 13.1. The molecule has 0 unspecified atom stereocenters. The maximum absolute atomic E-state index is 11.8. The highest BCUT2D eigenvalue weighted by Crippen LogP contribution is 2.11. The average molecular weight is 260 g/mol. The zero-order valence-corrected chi connectivity index (χ0v) is 10.9. The molecule has 0 saturated heterocycles. The second-order valence-electron chi connectivity index (χ2n) is 4.11. The Morgan fingerprint density at radius 3 is 2.63 bits per heavy atom. The summed E-state index contributed by atoms with van der Waals surface area (Å²) < 4.78 is 5.09. The van der Waals surface area contributed by atoms with Gasteiger partial charge in [0, 0.05) is 6.54 Å². The highest BCUT2D eigenvalue weighted by atomic mass is 16.5. The molecule has 1 aromatic heterocycles. The zero-order valence-electron chi connectivity index (χ0n) is 10.9. The molecule has 0 bridgehead atoms. The largest absolute Gasteiger partial charge is 0.497 e. The lowest BCUT2D eigenvalue weighted by molar-refractivity contribution is 0.0948. The van der Waals surface area contributed by atoms with E-state index in [-0.39, 0.29) is 5.91 Å². The van der Waals surface area contributed by atoms with E-state index in [4.69, 9.17) is 4.74 Å². The van der Waals surface area contributed by atoms with E-state index >= 15 is 0 Å². The minimum absolute atomic E-state index is 0.209. The molecule has 1 heterocycles. The fourth-order valence-electron chi connectivity index (χ4n) is 1.70. The van der Waals surface area contributed by atoms with E-state index in [2.05, 4.69) is 20.7 Å². The van der Waals surface area contributed by atoms with Crippen molar-refractivity contribution < 1.29 is 9.53 Å². The molecule has 0 aliphatic heterocycles. The second kappa shape index (κ2) is 5.99. The number of aromatic amines is 1. The van der Waals surface area contributed by atoms with E-state index in [1.165, 1.54) is 0 Å². The van der Waals surface area contributed by atoms with Gasteiger partial charge in [-0.1, -0.05) is 12.1 Å². The lowest BCUT2D eigenvalue weighted by Gasteiger charge is -2.05. The summed E-state index contributed by atoms with van der Waals surface area (Å²) in [6.45, 7) is 2.29. The van der Waals surface area contributed by atoms with Gasteiger partial charge in [-0.3, -0.25) is 4.79 Å². The van der Waals surface area contributed by atoms with Crippen molar-refractivity contribution >= 4 is 5.91 Å². The number of H-pyrrole nitrogens is 1. The van der Waals surface area contributed by atoms with Gasteiger partial charge in [0.25, 0.3) is 5.91 Å². The number of carbonyl (C=O) groups is 1. The molecule has 0 spiro atoms. The monoisotopic (exact) mass is 260 g/mol. The molecule has 2 aromatic rings. The number of hydrogen-bond donors (Lipinski definition) is 2. The Morgan fingerprint density at radius 2 is 2.05 bits per heavy atom. The van der Waals surface area contributed by atoms with Crippen LogP contribution in [-0.2, 0) is 6.42 Å². The highest BCUT2D eigenvalue weighted by Gasteiger charge is 2.11. The smallest absolute Gasteiger partial charge is 0.273 e. The first-order chi connectivity index (χ1) is 9.20. The molecular formula is C13H16N4O2. The first-order valence-electron chi connectivity index (χ1n) is 5.99. The Morgan fingerprint density at radius 1 is 1.32 bits per heavy atom. The number of nitrogens with zero attached hydrogens (tertiary/aromatic N) is 2. The van der Waals surface area contributed by atoms with E-state index in [0.717, 1.165) is 17.7 Å². The summed E-state index contributed by atoms with van der Waals surface area (Å²) in [6.07, 6.45) is 0.757. The number of ether oxygens (including phenoxy) is 1. The van der Waals surface area contributed by atoms with Crippen molar-refractivity contribution in [2.24, 2.45) is 0 Å². The van der Waals surface area contributed by atoms with Crippen LogP contribution in [0.5, 0.6) is 5.75 Å². The molecule has 0 saturated carbocycles. The number of aromatic nitrogens is 3. The molecule has 19 heavy (non-hydrogen) atoms. The van der Waals surface area contributed by atoms with Gasteiger partial charge in [-0.05, 0) is 31.0 Å². The Hall–Kier alpha value is -2.37. The lowest BCUT2D eigenvalue weighted by atomic mass is 10.1. The molecule has 0 radical (unpaired) electrons. The van der Waals surface area contributed by atoms with E-state index < -0.39 is 0 Å². The van der Waals surface area contributed by atoms with Gasteiger partial charge in [-0.25, -0.2) is 0 Å². The van der Waals surface area contributed by atoms with Crippen molar-refractivity contribution in [1.29, 1.82) is 0 Å². The minimum Gasteiger partial charge on any atom is -0.497 e. The Labute approximate surface area is 111 Å². The van der Waals surface area contributed by atoms with Crippen LogP contribution < -0.4 is 10.1 Å². The van der Waals surface area contributed by atoms with E-state index in [9.17, 15) is 4.79 Å². The van der Waals surface area contributed by atoms with Crippen LogP contribution in [0.1, 0.15) is 21.7 Å². The van der Waals surface area contributed by atoms with Gasteiger partial charge in [-0.2, -0.15) is 15.4 Å². The Balaban J connectivity index is 1.83. The summed E-state index contributed by atoms with van der Waals surface area (Å²) in [7, 11) is 1.63. The third-order valence-corrected chi connectivity index (χ3v) is 2.80. The van der Waals surface area contributed by atoms with Crippen LogP contribution in [0.25, 0.3) is 0 Å². The summed E-state index contributed by atoms with van der Waals surface area (Å²) in [4.78, 5) is 11.8. The van der Waals surface area contributed by atoms with Gasteiger partial charge in [-0.15, -0.1) is 0 Å². The van der Waals surface area contributed by atoms with Crippen molar-refractivity contribution in [2.45, 2.75) is 13.3 Å². The molecule has 0 aliphatic carbocycles. The SMILES string of the molecule is COc1ccc(CCNC(=O)c2n[nH]nc2C)cc1. The molecule has 100 valence electrons. The van der Waals surface area contributed by atoms with Crippen molar-refractivity contribution in [3.63, 3.8) is 0 Å². The van der Waals surface area contributed by atoms with Gasteiger partial charge in [0.2, 0.25) is 0 Å². The standard InChI is InChI=1S/C13H16N4O2/c1-9-12(16-17-15-9)13(18)14-8-7-10-3-5-11(19-2)6-4-10/h3-6H,7-8H2,1-2H3,(H,14,18)(H,15,16,17). The summed E-state index contributed by atoms with van der Waals surface area (Å²) in [5.74, 6) is 0.616. The molecule has 2 rings (SSSR count). The molecule has 1 aromatic carbocycles. The van der Waals surface area contributed by atoms with Crippen LogP contribution >= 0.6 is 0 Å². The number of carbonyl (C=O) groups excluding carboxylic acids is 1. The predicted octanol–water partition coefficient (Wildman–Crippen LogP) is 1.09. The summed E-state index contributed by atoms with van der Waals surface area (Å²) >= 11 is 0. The molecule has 0 fully saturated rings. The molecule has 1 amide bonds. The number of amides is 1. The predicted molar refractivity (Wildman–Crippen MR) is 70.2 cm³/mol. The summed E-state index contributed by atoms with van der Waals surface area (Å²) in [5, 5.41) is 12.8. The van der Waals surface area contributed by atoms with Gasteiger partial charge in [0.15, 0.2) is 5.69 Å². The van der Waals surface area contributed by atoms with Gasteiger partial charge in [0.1, 0.15) is 5.75 Å². The number of nitrogens with one attached hydrogen (secondary N) is 2. The number of methoxy groups -OCH3 is 1. The van der Waals surface area contributed by atoms with Crippen LogP contribution in [0.3, 0.4) is 0 Å². The summed E-state index contributed by atoms with van der Waals surface area (Å²) in [6, 6.07) is 7.76. The fraction of sp³-hybridized carbons (Fsp3) is 0.308. The normalized spacial score (nSPS) is 10.2. The third-order valence-electron chi connectivity index (χ3n) is 2.80. The minimum atomic E-state index is -0.209. The van der Waals surface area contributed by atoms with Crippen LogP contribution in [0.2, 0.25) is 0 Å². The number of rotatable bonds is 5. The molecule has 0 aliphatic rings. The molecule has 6 heteroatoms. The maximum atomic E-state index is 11.8. The van der Waals surface area contributed by atoms with Crippen LogP contribution in [-0.4, -0.2) is 35.0 Å². The number of aryl methyl sites for hydroxylation is 1. The molecule has 0 atom stereocenters. The van der Waals surface area contributed by atoms with Crippen molar-refractivity contribution in [1.82, 2.24) is 20.7 Å². The van der Waals surface area contributed by atoms with Gasteiger partial charge >= 0.3 is 0 Å². The van der Waals surface area contributed by atoms with Crippen molar-refractivity contribution in [3.8, 4) is 5.75 Å². The maximum Gasteiger partial charge on any atom is 0.273 e. The van der Waals surface area contributed by atoms with Crippen LogP contribution in [0.4, 0.5) is 0 Å². The molecule has 2 N–H and O–H groups in total. The topological polar surface area (TPSA) is 79.9 Å². The number of benzene rings is 1. The zero-order chi connectivity index (χ0) is 13.7. The van der Waals surface area contributed by atoms with E-state index in [1.54, 1.807) is 14.0 Å².